The van der Waals surface area contributed by atoms with Crippen molar-refractivity contribution in [3.05, 3.63) is 65.7 Å². The van der Waals surface area contributed by atoms with Crippen molar-refractivity contribution in [2.75, 3.05) is 5.75 Å². The number of furan rings is 1. The van der Waals surface area contributed by atoms with Crippen molar-refractivity contribution in [2.45, 2.75) is 17.4 Å². The number of amides is 1. The molecule has 3 aromatic rings. The van der Waals surface area contributed by atoms with Gasteiger partial charge in [0.1, 0.15) is 11.4 Å². The van der Waals surface area contributed by atoms with Crippen molar-refractivity contribution in [3.63, 3.8) is 0 Å². The van der Waals surface area contributed by atoms with Gasteiger partial charge >= 0.3 is 0 Å². The number of benzene rings is 2. The number of hydrogen-bond acceptors (Lipinski definition) is 3. The molecule has 0 radical (unpaired) electrons. The number of fused-ring (bicyclic) bond motifs is 2. The van der Waals surface area contributed by atoms with Crippen molar-refractivity contribution >= 4 is 28.6 Å². The second-order valence-electron chi connectivity index (χ2n) is 5.47. The van der Waals surface area contributed by atoms with Crippen LogP contribution in [-0.4, -0.2) is 11.7 Å². The number of rotatable bonds is 2. The Kier molecular flexibility index (Phi) is 3.58. The van der Waals surface area contributed by atoms with Crippen LogP contribution in [0.15, 0.2) is 57.8 Å². The third-order valence-electron chi connectivity index (χ3n) is 3.98. The molecule has 116 valence electrons. The molecule has 23 heavy (non-hydrogen) atoms. The van der Waals surface area contributed by atoms with Crippen LogP contribution in [0.2, 0.25) is 0 Å². The molecule has 2 aromatic carbocycles. The fourth-order valence-corrected chi connectivity index (χ4v) is 4.00. The molecule has 0 saturated heterocycles. The van der Waals surface area contributed by atoms with Gasteiger partial charge in [-0.2, -0.15) is 0 Å². The van der Waals surface area contributed by atoms with Gasteiger partial charge in [0.15, 0.2) is 5.76 Å². The Morgan fingerprint density at radius 1 is 1.22 bits per heavy atom. The van der Waals surface area contributed by atoms with Crippen molar-refractivity contribution in [2.24, 2.45) is 0 Å². The predicted molar refractivity (Wildman–Crippen MR) is 88.2 cm³/mol. The Balaban J connectivity index is 1.61. The third-order valence-corrected chi connectivity index (χ3v) is 5.14. The van der Waals surface area contributed by atoms with Crippen LogP contribution in [0.3, 0.4) is 0 Å². The smallest absolute Gasteiger partial charge is 0.287 e. The summed E-state index contributed by atoms with van der Waals surface area (Å²) in [6.07, 6.45) is 0.771. The van der Waals surface area contributed by atoms with Gasteiger partial charge in [-0.25, -0.2) is 4.39 Å². The lowest BCUT2D eigenvalue weighted by Crippen LogP contribution is -2.30. The van der Waals surface area contributed by atoms with E-state index in [0.717, 1.165) is 23.1 Å². The molecule has 2 heterocycles. The molecule has 0 spiro atoms. The molecule has 1 aromatic heterocycles. The van der Waals surface area contributed by atoms with Gasteiger partial charge in [-0.3, -0.25) is 4.79 Å². The van der Waals surface area contributed by atoms with E-state index in [1.54, 1.807) is 12.1 Å². The molecule has 0 fully saturated rings. The van der Waals surface area contributed by atoms with Gasteiger partial charge in [0, 0.05) is 16.0 Å². The van der Waals surface area contributed by atoms with Crippen LogP contribution < -0.4 is 5.32 Å². The summed E-state index contributed by atoms with van der Waals surface area (Å²) in [6.45, 7) is 0. The second kappa shape index (κ2) is 5.74. The summed E-state index contributed by atoms with van der Waals surface area (Å²) in [5, 5.41) is 3.86. The van der Waals surface area contributed by atoms with E-state index in [2.05, 4.69) is 5.32 Å². The summed E-state index contributed by atoms with van der Waals surface area (Å²) < 4.78 is 19.5. The molecular weight excluding hydrogens is 313 g/mol. The highest BCUT2D eigenvalue weighted by Crippen LogP contribution is 2.37. The van der Waals surface area contributed by atoms with Gasteiger partial charge < -0.3 is 9.73 Å². The van der Waals surface area contributed by atoms with Gasteiger partial charge in [0.2, 0.25) is 0 Å². The van der Waals surface area contributed by atoms with Crippen molar-refractivity contribution in [3.8, 4) is 0 Å². The molecule has 1 aliphatic rings. The third kappa shape index (κ3) is 2.61. The Labute approximate surface area is 136 Å². The summed E-state index contributed by atoms with van der Waals surface area (Å²) in [7, 11) is 0. The fourth-order valence-electron chi connectivity index (χ4n) is 2.86. The zero-order chi connectivity index (χ0) is 15.8. The van der Waals surface area contributed by atoms with E-state index in [4.69, 9.17) is 4.42 Å². The van der Waals surface area contributed by atoms with Gasteiger partial charge in [0.25, 0.3) is 5.91 Å². The highest BCUT2D eigenvalue weighted by atomic mass is 32.2. The zero-order valence-corrected chi connectivity index (χ0v) is 13.0. The van der Waals surface area contributed by atoms with Crippen LogP contribution in [0.1, 0.15) is 28.6 Å². The van der Waals surface area contributed by atoms with Crippen molar-refractivity contribution in [1.82, 2.24) is 5.32 Å². The first kappa shape index (κ1) is 14.3. The lowest BCUT2D eigenvalue weighted by Gasteiger charge is -2.25. The zero-order valence-electron chi connectivity index (χ0n) is 12.2. The van der Waals surface area contributed by atoms with Crippen molar-refractivity contribution in [1.29, 1.82) is 0 Å². The number of halogens is 1. The summed E-state index contributed by atoms with van der Waals surface area (Å²) in [4.78, 5) is 13.1. The summed E-state index contributed by atoms with van der Waals surface area (Å²) in [6, 6.07) is 14.0. The Hall–Kier alpha value is -2.27. The molecule has 5 heteroatoms. The average molecular weight is 327 g/mol. The maximum absolute atomic E-state index is 13.9. The van der Waals surface area contributed by atoms with Gasteiger partial charge in [-0.1, -0.05) is 30.3 Å². The van der Waals surface area contributed by atoms with Crippen LogP contribution in [-0.2, 0) is 0 Å². The molecule has 1 aliphatic heterocycles. The predicted octanol–water partition coefficient (Wildman–Crippen LogP) is 4.54. The van der Waals surface area contributed by atoms with Crippen LogP contribution in [0.5, 0.6) is 0 Å². The monoisotopic (exact) mass is 327 g/mol. The molecule has 3 nitrogen and oxygen atoms in total. The quantitative estimate of drug-likeness (QED) is 0.751. The van der Waals surface area contributed by atoms with E-state index in [1.807, 2.05) is 30.3 Å². The number of carbonyl (C=O) groups excluding carboxylic acids is 1. The van der Waals surface area contributed by atoms with Crippen LogP contribution >= 0.6 is 11.8 Å². The number of nitrogens with one attached hydrogen (secondary N) is 1. The first-order valence-corrected chi connectivity index (χ1v) is 8.41. The van der Waals surface area contributed by atoms with Gasteiger partial charge in [-0.15, -0.1) is 11.8 Å². The summed E-state index contributed by atoms with van der Waals surface area (Å²) in [5.74, 6) is 0.560. The first-order chi connectivity index (χ1) is 11.2. The normalized spacial score (nSPS) is 17.0. The molecule has 0 bridgehead atoms. The maximum Gasteiger partial charge on any atom is 0.287 e. The molecule has 4 rings (SSSR count). The Morgan fingerprint density at radius 2 is 2.09 bits per heavy atom. The lowest BCUT2D eigenvalue weighted by molar-refractivity contribution is 0.0909. The van der Waals surface area contributed by atoms with Crippen molar-refractivity contribution < 1.29 is 13.6 Å². The minimum absolute atomic E-state index is 0.192. The average Bonchev–Trinajstić information content (AvgIpc) is 3.00. The Morgan fingerprint density at radius 3 is 2.96 bits per heavy atom. The topological polar surface area (TPSA) is 42.2 Å². The molecular formula is C18H14FNO2S. The molecule has 1 unspecified atom stereocenters. The molecule has 0 aliphatic carbocycles. The minimum atomic E-state index is -0.270. The Bertz CT molecular complexity index is 857. The molecule has 1 atom stereocenters. The minimum Gasteiger partial charge on any atom is -0.451 e. The van der Waals surface area contributed by atoms with E-state index in [9.17, 15) is 9.18 Å². The molecule has 1 N–H and O–H groups in total. The van der Waals surface area contributed by atoms with Gasteiger partial charge in [0.05, 0.1) is 6.04 Å². The summed E-state index contributed by atoms with van der Waals surface area (Å²) in [5.41, 5.74) is 1.52. The second-order valence-corrected chi connectivity index (χ2v) is 6.58. The summed E-state index contributed by atoms with van der Waals surface area (Å²) >= 11 is 1.50. The highest BCUT2D eigenvalue weighted by molar-refractivity contribution is 7.99. The number of thioether (sulfide) groups is 1. The molecule has 0 saturated carbocycles. The molecule has 1 amide bonds. The van der Waals surface area contributed by atoms with E-state index in [0.29, 0.717) is 10.5 Å². The van der Waals surface area contributed by atoms with Crippen LogP contribution in [0.25, 0.3) is 11.0 Å². The largest absolute Gasteiger partial charge is 0.451 e. The van der Waals surface area contributed by atoms with E-state index in [-0.39, 0.29) is 23.5 Å². The highest BCUT2D eigenvalue weighted by Gasteiger charge is 2.25. The fraction of sp³-hybridized carbons (Fsp3) is 0.167. The van der Waals surface area contributed by atoms with E-state index < -0.39 is 0 Å². The number of para-hydroxylation sites is 1. The lowest BCUT2D eigenvalue weighted by atomic mass is 10.0. The maximum atomic E-state index is 13.9. The number of carbonyl (C=O) groups is 1. The standard InChI is InChI=1S/C18H14FNO2S/c19-13-6-3-5-12-14(8-9-23-17(12)13)20-18(21)16-10-11-4-1-2-7-15(11)22-16/h1-7,10,14H,8-9H2,(H,20,21). The van der Waals surface area contributed by atoms with Crippen LogP contribution in [0.4, 0.5) is 4.39 Å². The SMILES string of the molecule is O=C(NC1CCSc2c(F)cccc21)c1cc2ccccc2o1. The number of hydrogen-bond donors (Lipinski definition) is 1. The van der Waals surface area contributed by atoms with E-state index >= 15 is 0 Å². The van der Waals surface area contributed by atoms with Crippen LogP contribution in [0, 0.1) is 5.82 Å². The van der Waals surface area contributed by atoms with E-state index in [1.165, 1.54) is 17.8 Å². The first-order valence-electron chi connectivity index (χ1n) is 7.43. The van der Waals surface area contributed by atoms with Gasteiger partial charge in [-0.05, 0) is 30.2 Å².